The number of rotatable bonds is 7. The second-order valence-corrected chi connectivity index (χ2v) is 8.76. The molecule has 6 N–H and O–H groups in total. The summed E-state index contributed by atoms with van der Waals surface area (Å²) in [5.41, 5.74) is 4.50. The van der Waals surface area contributed by atoms with Crippen molar-refractivity contribution in [1.82, 2.24) is 14.1 Å². The van der Waals surface area contributed by atoms with Crippen LogP contribution in [-0.4, -0.2) is 35.5 Å². The first kappa shape index (κ1) is 24.2. The number of benzene rings is 1. The van der Waals surface area contributed by atoms with E-state index in [1.54, 1.807) is 35.7 Å². The van der Waals surface area contributed by atoms with E-state index in [0.29, 0.717) is 11.3 Å². The van der Waals surface area contributed by atoms with Gasteiger partial charge < -0.3 is 20.9 Å². The topological polar surface area (TPSA) is 206 Å². The van der Waals surface area contributed by atoms with Gasteiger partial charge in [0.1, 0.15) is 18.1 Å². The average molecular weight is 494 g/mol. The number of nitrogens with one attached hydrogen (secondary N) is 2. The lowest BCUT2D eigenvalue weighted by molar-refractivity contribution is -0.116. The molecule has 1 amide bonds. The number of amides is 1. The van der Waals surface area contributed by atoms with Crippen molar-refractivity contribution in [1.29, 1.82) is 5.41 Å². The summed E-state index contributed by atoms with van der Waals surface area (Å²) in [5, 5.41) is 9.73. The molecule has 0 atom stereocenters. The first-order valence-corrected chi connectivity index (χ1v) is 11.6. The summed E-state index contributed by atoms with van der Waals surface area (Å²) in [6, 6.07) is 8.83. The van der Waals surface area contributed by atoms with Crippen LogP contribution in [0.1, 0.15) is 12.0 Å². The molecule has 0 aliphatic carbocycles. The van der Waals surface area contributed by atoms with Crippen molar-refractivity contribution in [3.05, 3.63) is 66.9 Å². The van der Waals surface area contributed by atoms with Crippen molar-refractivity contribution in [2.45, 2.75) is 13.2 Å². The molecule has 2 aromatic heterocycles. The highest BCUT2D eigenvalue weighted by atomic mass is 32.1. The van der Waals surface area contributed by atoms with Crippen LogP contribution in [0, 0.1) is 5.41 Å². The largest absolute Gasteiger partial charge is 0.471 e. The van der Waals surface area contributed by atoms with Crippen LogP contribution in [-0.2, 0) is 27.7 Å². The average Bonchev–Trinajstić information content (AvgIpc) is 3.13. The number of phosphoric acid groups is 1. The molecule has 2 heterocycles. The van der Waals surface area contributed by atoms with E-state index in [-0.39, 0.29) is 16.2 Å². The summed E-state index contributed by atoms with van der Waals surface area (Å²) >= 11 is 1.02. The van der Waals surface area contributed by atoms with Crippen LogP contribution in [0.5, 0.6) is 0 Å². The molecule has 33 heavy (non-hydrogen) atoms. The number of carbonyl (C=O) groups excluding carboxylic acids is 1. The third kappa shape index (κ3) is 5.69. The van der Waals surface area contributed by atoms with Gasteiger partial charge in [0.05, 0.1) is 17.8 Å². The van der Waals surface area contributed by atoms with Gasteiger partial charge in [-0.15, -0.1) is 11.3 Å². The number of phosphoric ester groups is 1. The maximum Gasteiger partial charge on any atom is 0.471 e. The predicted molar refractivity (Wildman–Crippen MR) is 120 cm³/mol. The van der Waals surface area contributed by atoms with Crippen molar-refractivity contribution in [2.75, 3.05) is 5.73 Å². The lowest BCUT2D eigenvalue weighted by atomic mass is 10.1. The predicted octanol–water partition coefficient (Wildman–Crippen LogP) is 0.138. The Hall–Kier alpha value is -3.42. The second kappa shape index (κ2) is 9.60. The number of aromatic amines is 1. The Morgan fingerprint density at radius 2 is 1.97 bits per heavy atom. The number of nitrogens with zero attached hydrogens (tertiary/aromatic N) is 3. The molecule has 0 saturated carbocycles. The van der Waals surface area contributed by atoms with Gasteiger partial charge in [-0.25, -0.2) is 9.36 Å². The minimum Gasteiger partial charge on any atom is -0.384 e. The van der Waals surface area contributed by atoms with Gasteiger partial charge in [0.25, 0.3) is 11.5 Å². The number of H-pyrrole nitrogens is 1. The Balaban J connectivity index is 1.96. The van der Waals surface area contributed by atoms with Gasteiger partial charge >= 0.3 is 13.5 Å². The molecule has 1 aromatic carbocycles. The molecule has 0 aliphatic rings. The maximum atomic E-state index is 12.5. The SMILES string of the molecule is Cn1c(N)c(C(=N)CC(=O)N=c2scc(-c3ccccc3)n2COP(=O)(O)O)c(=O)[nH]c1=O. The van der Waals surface area contributed by atoms with Crippen molar-refractivity contribution in [3.8, 4) is 11.3 Å². The van der Waals surface area contributed by atoms with Gasteiger partial charge in [-0.2, -0.15) is 4.99 Å². The summed E-state index contributed by atoms with van der Waals surface area (Å²) in [6.07, 6.45) is -0.608. The van der Waals surface area contributed by atoms with Crippen LogP contribution in [0.25, 0.3) is 11.3 Å². The lowest BCUT2D eigenvalue weighted by Crippen LogP contribution is -2.35. The number of hydrogen-bond donors (Lipinski definition) is 5. The molecule has 0 saturated heterocycles. The van der Waals surface area contributed by atoms with E-state index in [1.807, 2.05) is 4.98 Å². The highest BCUT2D eigenvalue weighted by Gasteiger charge is 2.19. The zero-order valence-electron chi connectivity index (χ0n) is 17.1. The van der Waals surface area contributed by atoms with Crippen LogP contribution >= 0.6 is 19.2 Å². The van der Waals surface area contributed by atoms with Crippen molar-refractivity contribution in [2.24, 2.45) is 12.0 Å². The van der Waals surface area contributed by atoms with Crippen LogP contribution in [0.15, 0.2) is 50.3 Å². The van der Waals surface area contributed by atoms with Gasteiger partial charge in [0.15, 0.2) is 4.80 Å². The molecule has 0 bridgehead atoms. The van der Waals surface area contributed by atoms with Gasteiger partial charge in [0.2, 0.25) is 0 Å². The second-order valence-electron chi connectivity index (χ2n) is 6.69. The maximum absolute atomic E-state index is 12.5. The third-order valence-electron chi connectivity index (χ3n) is 4.44. The number of anilines is 1. The first-order chi connectivity index (χ1) is 15.5. The minimum atomic E-state index is -4.81. The molecule has 3 aromatic rings. The smallest absolute Gasteiger partial charge is 0.384 e. The van der Waals surface area contributed by atoms with Crippen molar-refractivity contribution >= 4 is 36.6 Å². The highest BCUT2D eigenvalue weighted by molar-refractivity contribution is 7.46. The molecule has 174 valence electrons. The molecular formula is C18H19N6O7PS. The van der Waals surface area contributed by atoms with E-state index in [1.165, 1.54) is 11.6 Å². The molecule has 3 rings (SSSR count). The zero-order chi connectivity index (χ0) is 24.3. The standard InChI is InChI=1S/C18H19N6O7PS/c1-23-15(20)14(16(26)22-17(23)27)11(19)7-13(25)21-18-24(9-31-32(28,29)30)12(8-33-18)10-5-3-2-4-6-10/h2-6,8,19H,7,9,20H2,1H3,(H,22,26,27)(H2,28,29,30). The Labute approximate surface area is 189 Å². The van der Waals surface area contributed by atoms with Crippen LogP contribution in [0.3, 0.4) is 0 Å². The number of nitrogens with two attached hydrogens (primary N) is 1. The quantitative estimate of drug-likeness (QED) is 0.225. The van der Waals surface area contributed by atoms with E-state index in [9.17, 15) is 18.9 Å². The van der Waals surface area contributed by atoms with Crippen molar-refractivity contribution < 1.29 is 23.7 Å². The summed E-state index contributed by atoms with van der Waals surface area (Å²) in [5.74, 6) is -1.09. The Bertz CT molecular complexity index is 1450. The molecule has 15 heteroatoms. The van der Waals surface area contributed by atoms with Crippen LogP contribution < -0.4 is 21.8 Å². The van der Waals surface area contributed by atoms with Gasteiger partial charge in [-0.3, -0.25) is 28.2 Å². The molecule has 0 radical (unpaired) electrons. The van der Waals surface area contributed by atoms with E-state index >= 15 is 0 Å². The zero-order valence-corrected chi connectivity index (χ0v) is 18.8. The molecular weight excluding hydrogens is 475 g/mol. The molecule has 0 aliphatic heterocycles. The fourth-order valence-corrected chi connectivity index (χ4v) is 4.01. The van der Waals surface area contributed by atoms with E-state index in [0.717, 1.165) is 15.9 Å². The van der Waals surface area contributed by atoms with Crippen molar-refractivity contribution in [3.63, 3.8) is 0 Å². The number of thiazole rings is 1. The van der Waals surface area contributed by atoms with E-state index in [4.69, 9.17) is 20.9 Å². The van der Waals surface area contributed by atoms with Crippen LogP contribution in [0.2, 0.25) is 0 Å². The highest BCUT2D eigenvalue weighted by Crippen LogP contribution is 2.36. The van der Waals surface area contributed by atoms with Crippen LogP contribution in [0.4, 0.5) is 5.82 Å². The molecule has 0 fully saturated rings. The summed E-state index contributed by atoms with van der Waals surface area (Å²) < 4.78 is 18.0. The summed E-state index contributed by atoms with van der Waals surface area (Å²) in [7, 11) is -3.51. The number of hydrogen-bond acceptors (Lipinski definition) is 8. The molecule has 0 unspecified atom stereocenters. The fraction of sp³-hybridized carbons (Fsp3) is 0.167. The van der Waals surface area contributed by atoms with Gasteiger partial charge in [-0.1, -0.05) is 30.3 Å². The Kier molecular flexibility index (Phi) is 7.05. The molecule has 0 spiro atoms. The number of nitrogen functional groups attached to an aromatic ring is 1. The summed E-state index contributed by atoms with van der Waals surface area (Å²) in [4.78, 5) is 60.3. The lowest BCUT2D eigenvalue weighted by Gasteiger charge is -2.10. The third-order valence-corrected chi connectivity index (χ3v) is 5.76. The number of aromatic nitrogens is 3. The van der Waals surface area contributed by atoms with Gasteiger partial charge in [-0.05, 0) is 5.56 Å². The van der Waals surface area contributed by atoms with E-state index < -0.39 is 43.8 Å². The number of carbonyl (C=O) groups is 1. The molecule has 13 nitrogen and oxygen atoms in total. The Morgan fingerprint density at radius 1 is 1.30 bits per heavy atom. The van der Waals surface area contributed by atoms with E-state index in [2.05, 4.69) is 9.52 Å². The summed E-state index contributed by atoms with van der Waals surface area (Å²) in [6.45, 7) is -0.588. The first-order valence-electron chi connectivity index (χ1n) is 9.16. The van der Waals surface area contributed by atoms with Gasteiger partial charge in [0, 0.05) is 12.4 Å². The Morgan fingerprint density at radius 3 is 2.61 bits per heavy atom. The monoisotopic (exact) mass is 494 g/mol. The minimum absolute atomic E-state index is 0.0578. The fourth-order valence-electron chi connectivity index (χ4n) is 2.83. The normalized spacial score (nSPS) is 12.2.